The molecule has 1 rings (SSSR count). The molecule has 0 aliphatic heterocycles. The zero-order chi connectivity index (χ0) is 8.10. The molecule has 11 heavy (non-hydrogen) atoms. The van der Waals surface area contributed by atoms with E-state index in [1.165, 1.54) is 0 Å². The molecule has 1 unspecified atom stereocenters. The third kappa shape index (κ3) is 2.60. The summed E-state index contributed by atoms with van der Waals surface area (Å²) in [6, 6.07) is 9.68. The van der Waals surface area contributed by atoms with Crippen molar-refractivity contribution in [3.63, 3.8) is 0 Å². The summed E-state index contributed by atoms with van der Waals surface area (Å²) < 4.78 is 5.40. The first-order valence-electron chi connectivity index (χ1n) is 3.63. The van der Waals surface area contributed by atoms with Crippen LogP contribution >= 0.6 is 0 Å². The average Bonchev–Trinajstić information content (AvgIpc) is 2.06. The van der Waals surface area contributed by atoms with Crippen molar-refractivity contribution in [2.45, 2.75) is 13.2 Å². The molecule has 0 bridgehead atoms. The van der Waals surface area contributed by atoms with Crippen molar-refractivity contribution < 1.29 is 4.74 Å². The van der Waals surface area contributed by atoms with E-state index >= 15 is 0 Å². The van der Waals surface area contributed by atoms with Gasteiger partial charge in [0.25, 0.3) is 0 Å². The first-order chi connectivity index (χ1) is 5.33. The highest BCUT2D eigenvalue weighted by Gasteiger charge is 1.98. The normalized spacial score (nSPS) is 12.5. The van der Waals surface area contributed by atoms with Crippen LogP contribution in [0.25, 0.3) is 0 Å². The molecule has 0 N–H and O–H groups in total. The van der Waals surface area contributed by atoms with Crippen molar-refractivity contribution in [3.05, 3.63) is 30.3 Å². The van der Waals surface area contributed by atoms with Crippen molar-refractivity contribution >= 4 is 0 Å². The van der Waals surface area contributed by atoms with Crippen LogP contribution in [-0.2, 0) is 0 Å². The number of ether oxygens (including phenoxy) is 1. The number of hydrogen-bond acceptors (Lipinski definition) is 1. The minimum atomic E-state index is -0.0580. The minimum absolute atomic E-state index is 0.0580. The van der Waals surface area contributed by atoms with Crippen LogP contribution in [0, 0.1) is 0 Å². The second-order valence-electron chi connectivity index (χ2n) is 2.29. The maximum Gasteiger partial charge on any atom is 0.162 e. The lowest BCUT2D eigenvalue weighted by Gasteiger charge is -2.11. The van der Waals surface area contributed by atoms with Crippen LogP contribution in [0.15, 0.2) is 30.3 Å². The maximum atomic E-state index is 5.40. The molecule has 0 saturated heterocycles. The molecule has 0 aliphatic rings. The fourth-order valence-corrected chi connectivity index (χ4v) is 0.749. The summed E-state index contributed by atoms with van der Waals surface area (Å²) in [6.45, 7) is 1.91. The molecule has 2 heteroatoms. The second-order valence-corrected chi connectivity index (χ2v) is 2.29. The zero-order valence-corrected chi connectivity index (χ0v) is 6.82. The summed E-state index contributed by atoms with van der Waals surface area (Å²) in [5.74, 6) is 0.866. The summed E-state index contributed by atoms with van der Waals surface area (Å²) in [6.07, 6.45) is -0.0580. The van der Waals surface area contributed by atoms with Gasteiger partial charge in [0, 0.05) is 7.05 Å². The molecule has 0 spiro atoms. The molecule has 0 aliphatic carbocycles. The highest BCUT2D eigenvalue weighted by atomic mass is 16.5. The SMILES string of the molecule is C[N]C(C)Oc1ccccc1. The van der Waals surface area contributed by atoms with Crippen LogP contribution in [0.3, 0.4) is 0 Å². The molecule has 1 aromatic carbocycles. The van der Waals surface area contributed by atoms with E-state index in [-0.39, 0.29) is 6.23 Å². The first kappa shape index (κ1) is 8.08. The number of hydrogen-bond donors (Lipinski definition) is 0. The Bertz CT molecular complexity index is 198. The minimum Gasteiger partial charge on any atom is -0.474 e. The second kappa shape index (κ2) is 3.98. The quantitative estimate of drug-likeness (QED) is 0.642. The van der Waals surface area contributed by atoms with E-state index in [9.17, 15) is 0 Å². The van der Waals surface area contributed by atoms with Crippen LogP contribution in [0.4, 0.5) is 0 Å². The van der Waals surface area contributed by atoms with Gasteiger partial charge in [-0.25, -0.2) is 5.32 Å². The maximum absolute atomic E-state index is 5.40. The smallest absolute Gasteiger partial charge is 0.162 e. The van der Waals surface area contributed by atoms with Crippen LogP contribution in [0.1, 0.15) is 6.92 Å². The lowest BCUT2D eigenvalue weighted by atomic mass is 10.3. The zero-order valence-electron chi connectivity index (χ0n) is 6.82. The number of nitrogens with zero attached hydrogens (tertiary/aromatic N) is 1. The Morgan fingerprint density at radius 3 is 2.45 bits per heavy atom. The van der Waals surface area contributed by atoms with Gasteiger partial charge in [0.1, 0.15) is 5.75 Å². The fraction of sp³-hybridized carbons (Fsp3) is 0.333. The fourth-order valence-electron chi connectivity index (χ4n) is 0.749. The Morgan fingerprint density at radius 2 is 1.91 bits per heavy atom. The third-order valence-electron chi connectivity index (χ3n) is 1.41. The van der Waals surface area contributed by atoms with Gasteiger partial charge in [-0.3, -0.25) is 0 Å². The van der Waals surface area contributed by atoms with Gasteiger partial charge in [0.2, 0.25) is 0 Å². The van der Waals surface area contributed by atoms with E-state index in [0.717, 1.165) is 5.75 Å². The van der Waals surface area contributed by atoms with E-state index in [2.05, 4.69) is 5.32 Å². The van der Waals surface area contributed by atoms with Gasteiger partial charge in [-0.2, -0.15) is 0 Å². The summed E-state index contributed by atoms with van der Waals surface area (Å²) in [4.78, 5) is 0. The van der Waals surface area contributed by atoms with Crippen molar-refractivity contribution in [2.24, 2.45) is 0 Å². The van der Waals surface area contributed by atoms with Gasteiger partial charge in [0.05, 0.1) is 0 Å². The third-order valence-corrected chi connectivity index (χ3v) is 1.41. The topological polar surface area (TPSA) is 23.3 Å². The predicted octanol–water partition coefficient (Wildman–Crippen LogP) is 1.65. The standard InChI is InChI=1S/C9H12NO/c1-8(10-2)11-9-6-4-3-5-7-9/h3-8H,1-2H3. The molecule has 2 nitrogen and oxygen atoms in total. The average molecular weight is 150 g/mol. The van der Waals surface area contributed by atoms with E-state index in [1.54, 1.807) is 7.05 Å². The lowest BCUT2D eigenvalue weighted by molar-refractivity contribution is 0.190. The first-order valence-corrected chi connectivity index (χ1v) is 3.63. The summed E-state index contributed by atoms with van der Waals surface area (Å²) >= 11 is 0. The number of para-hydroxylation sites is 1. The highest BCUT2D eigenvalue weighted by Crippen LogP contribution is 2.09. The van der Waals surface area contributed by atoms with Crippen molar-refractivity contribution in [1.29, 1.82) is 0 Å². The van der Waals surface area contributed by atoms with E-state index in [0.29, 0.717) is 0 Å². The Balaban J connectivity index is 2.51. The predicted molar refractivity (Wildman–Crippen MR) is 44.6 cm³/mol. The van der Waals surface area contributed by atoms with Crippen LogP contribution in [-0.4, -0.2) is 13.3 Å². The molecule has 1 aromatic rings. The van der Waals surface area contributed by atoms with Gasteiger partial charge in [0.15, 0.2) is 6.23 Å². The summed E-state index contributed by atoms with van der Waals surface area (Å²) in [5, 5.41) is 3.96. The molecule has 0 saturated carbocycles. The highest BCUT2D eigenvalue weighted by molar-refractivity contribution is 5.20. The van der Waals surface area contributed by atoms with Gasteiger partial charge in [-0.1, -0.05) is 18.2 Å². The Hall–Kier alpha value is -1.02. The summed E-state index contributed by atoms with van der Waals surface area (Å²) in [5.41, 5.74) is 0. The van der Waals surface area contributed by atoms with Crippen molar-refractivity contribution in [2.75, 3.05) is 7.05 Å². The van der Waals surface area contributed by atoms with Crippen LogP contribution in [0.5, 0.6) is 5.75 Å². The van der Waals surface area contributed by atoms with E-state index < -0.39 is 0 Å². The van der Waals surface area contributed by atoms with Gasteiger partial charge < -0.3 is 4.74 Å². The van der Waals surface area contributed by atoms with Gasteiger partial charge in [-0.15, -0.1) is 0 Å². The van der Waals surface area contributed by atoms with E-state index in [1.807, 2.05) is 37.3 Å². The number of rotatable bonds is 3. The molecule has 0 heterocycles. The molecule has 59 valence electrons. The Morgan fingerprint density at radius 1 is 1.27 bits per heavy atom. The Kier molecular flexibility index (Phi) is 2.93. The molecule has 0 fully saturated rings. The van der Waals surface area contributed by atoms with Crippen LogP contribution in [0.2, 0.25) is 0 Å². The molecule has 0 amide bonds. The lowest BCUT2D eigenvalue weighted by Crippen LogP contribution is -2.21. The largest absolute Gasteiger partial charge is 0.474 e. The monoisotopic (exact) mass is 150 g/mol. The number of benzene rings is 1. The van der Waals surface area contributed by atoms with E-state index in [4.69, 9.17) is 4.74 Å². The summed E-state index contributed by atoms with van der Waals surface area (Å²) in [7, 11) is 1.74. The molecular weight excluding hydrogens is 138 g/mol. The van der Waals surface area contributed by atoms with Gasteiger partial charge in [-0.05, 0) is 19.1 Å². The Labute approximate surface area is 67.2 Å². The van der Waals surface area contributed by atoms with Gasteiger partial charge >= 0.3 is 0 Å². The van der Waals surface area contributed by atoms with Crippen LogP contribution < -0.4 is 10.1 Å². The molecule has 0 aromatic heterocycles. The van der Waals surface area contributed by atoms with Crippen molar-refractivity contribution in [1.82, 2.24) is 5.32 Å². The van der Waals surface area contributed by atoms with Crippen molar-refractivity contribution in [3.8, 4) is 5.75 Å². The molecule has 1 radical (unpaired) electrons. The molecule has 1 atom stereocenters. The molecular formula is C9H12NO.